The van der Waals surface area contributed by atoms with Crippen LogP contribution in [0.3, 0.4) is 0 Å². The van der Waals surface area contributed by atoms with Crippen molar-refractivity contribution in [1.29, 1.82) is 0 Å². The highest BCUT2D eigenvalue weighted by Crippen LogP contribution is 2.35. The zero-order chi connectivity index (χ0) is 28.3. The van der Waals surface area contributed by atoms with Crippen LogP contribution < -0.4 is 5.72 Å². The number of carbonyl (C=O) groups excluding carboxylic acids is 1. The van der Waals surface area contributed by atoms with E-state index in [1.54, 1.807) is 0 Å². The van der Waals surface area contributed by atoms with Gasteiger partial charge in [-0.25, -0.2) is 0 Å². The molecule has 0 aliphatic carbocycles. The van der Waals surface area contributed by atoms with Crippen LogP contribution in [-0.4, -0.2) is 14.2 Å². The van der Waals surface area contributed by atoms with Gasteiger partial charge in [0.15, 0.2) is 8.90 Å². The Kier molecular flexibility index (Phi) is 2.85. The SMILES string of the molecule is [2H]c1c([2H])c(C2([2H])OC(N([2H])[2H])=C(OS(=O)(=O)C([2H])([2H])c3ccccc3)C2=O)c([2H])c([2H])c1C(F)(F)F. The molecule has 148 valence electrons. The van der Waals surface area contributed by atoms with Crippen LogP contribution in [0.2, 0.25) is 2.82 Å². The van der Waals surface area contributed by atoms with E-state index < -0.39 is 92.1 Å². The molecule has 1 aliphatic heterocycles. The summed E-state index contributed by atoms with van der Waals surface area (Å²) >= 11 is 0. The van der Waals surface area contributed by atoms with Crippen LogP contribution in [0.15, 0.2) is 66.1 Å². The number of Topliss-reactive ketones (excluding diaryl/α,β-unsaturated/α-hetero) is 1. The number of nitrogens with two attached hydrogens (primary N) is 1. The van der Waals surface area contributed by atoms with E-state index in [1.807, 2.05) is 0 Å². The number of alkyl halides is 3. The first-order chi connectivity index (χ1) is 16.8. The van der Waals surface area contributed by atoms with Gasteiger partial charge < -0.3 is 14.6 Å². The molecule has 0 fully saturated rings. The first-order valence-electron chi connectivity index (χ1n) is 11.6. The average Bonchev–Trinajstić information content (AvgIpc) is 3.03. The van der Waals surface area contributed by atoms with Crippen molar-refractivity contribution >= 4 is 15.9 Å². The Morgan fingerprint density at radius 1 is 1.25 bits per heavy atom. The van der Waals surface area contributed by atoms with Gasteiger partial charge in [0, 0.05) is 5.56 Å². The fourth-order valence-corrected chi connectivity index (χ4v) is 2.81. The van der Waals surface area contributed by atoms with E-state index in [9.17, 15) is 26.4 Å². The van der Waals surface area contributed by atoms with E-state index >= 15 is 0 Å². The number of benzene rings is 2. The predicted octanol–water partition coefficient (Wildman–Crippen LogP) is 3.02. The molecule has 1 atom stereocenters. The molecule has 10 heteroatoms. The van der Waals surface area contributed by atoms with Gasteiger partial charge in [-0.3, -0.25) is 4.79 Å². The number of hydrogen-bond acceptors (Lipinski definition) is 6. The monoisotopic (exact) mass is 422 g/mol. The van der Waals surface area contributed by atoms with E-state index in [1.165, 1.54) is 18.2 Å². The van der Waals surface area contributed by atoms with Crippen molar-refractivity contribution in [3.63, 3.8) is 0 Å². The summed E-state index contributed by atoms with van der Waals surface area (Å²) < 4.78 is 145. The third-order valence-electron chi connectivity index (χ3n) is 3.15. The third-order valence-corrected chi connectivity index (χ3v) is 4.02. The zero-order valence-electron chi connectivity index (χ0n) is 22.4. The van der Waals surface area contributed by atoms with E-state index in [0.717, 1.165) is 12.1 Å². The molecule has 28 heavy (non-hydrogen) atoms. The summed E-state index contributed by atoms with van der Waals surface area (Å²) in [5.74, 6) is -5.00. The van der Waals surface area contributed by atoms with Crippen molar-refractivity contribution in [2.45, 2.75) is 18.0 Å². The van der Waals surface area contributed by atoms with Gasteiger partial charge in [0.1, 0.15) is 5.70 Å². The van der Waals surface area contributed by atoms with Crippen LogP contribution in [0, 0.1) is 0 Å². The molecule has 0 radical (unpaired) electrons. The molecule has 0 spiro atoms. The highest BCUT2D eigenvalue weighted by Gasteiger charge is 2.40. The second-order valence-corrected chi connectivity index (χ2v) is 6.43. The Morgan fingerprint density at radius 3 is 2.46 bits per heavy atom. The van der Waals surface area contributed by atoms with Crippen LogP contribution >= 0.6 is 0 Å². The second kappa shape index (κ2) is 7.19. The minimum absolute atomic E-state index is 0.462. The minimum atomic E-state index is -5.51. The van der Waals surface area contributed by atoms with Crippen molar-refractivity contribution < 1.29 is 47.7 Å². The molecule has 0 saturated heterocycles. The quantitative estimate of drug-likeness (QED) is 0.719. The summed E-state index contributed by atoms with van der Waals surface area (Å²) in [5.41, 5.74) is -7.75. The fraction of sp³-hybridized carbons (Fsp3) is 0.167. The largest absolute Gasteiger partial charge is 0.460 e. The number of ketones is 1. The molecule has 1 aliphatic rings. The molecule has 3 rings (SSSR count). The Balaban J connectivity index is 2.17. The van der Waals surface area contributed by atoms with Crippen LogP contribution in [-0.2, 0) is 35.7 Å². The standard InChI is InChI=1S/C18H14F3NO5S/c19-18(20,21)13-8-6-12(7-9-13)15-14(23)16(17(22)26-15)27-28(24,25)10-11-4-2-1-3-5-11/h1-9,15H,10,22H2/i6D,7D,8D,9D,10D2,15D/hD2. The van der Waals surface area contributed by atoms with Crippen molar-refractivity contribution in [2.75, 3.05) is 0 Å². The molecular formula is C18H14F3NO5S. The maximum atomic E-state index is 13.3. The Labute approximate surface area is 171 Å². The highest BCUT2D eigenvalue weighted by atomic mass is 32.2. The number of halogens is 3. The summed E-state index contributed by atoms with van der Waals surface area (Å²) in [4.78, 5) is 13.1. The van der Waals surface area contributed by atoms with Crippen molar-refractivity contribution in [2.24, 2.45) is 5.72 Å². The van der Waals surface area contributed by atoms with Gasteiger partial charge in [-0.15, -0.1) is 0 Å². The Morgan fingerprint density at radius 2 is 1.89 bits per heavy atom. The number of ether oxygens (including phenoxy) is 1. The normalized spacial score (nSPS) is 25.1. The minimum Gasteiger partial charge on any atom is -0.460 e. The second-order valence-electron chi connectivity index (χ2n) is 5.15. The Hall–Kier alpha value is -3.01. The molecule has 0 aromatic heterocycles. The molecule has 2 aromatic carbocycles. The molecule has 0 bridgehead atoms. The average molecular weight is 422 g/mol. The summed E-state index contributed by atoms with van der Waals surface area (Å²) in [5, 5.41) is 0. The van der Waals surface area contributed by atoms with Crippen LogP contribution in [0.1, 0.15) is 32.4 Å². The Bertz CT molecular complexity index is 1390. The molecular weight excluding hydrogens is 399 g/mol. The van der Waals surface area contributed by atoms with Gasteiger partial charge in [-0.1, -0.05) is 42.4 Å². The van der Waals surface area contributed by atoms with Gasteiger partial charge in [0.05, 0.1) is 15.2 Å². The first-order valence-corrected chi connectivity index (χ1v) is 8.63. The van der Waals surface area contributed by atoms with Gasteiger partial charge in [-0.2, -0.15) is 21.6 Å². The van der Waals surface area contributed by atoms with E-state index in [-0.39, 0.29) is 0 Å². The van der Waals surface area contributed by atoms with Crippen LogP contribution in [0.5, 0.6) is 0 Å². The first kappa shape index (κ1) is 11.1. The number of rotatable bonds is 6. The number of hydrogen-bond donors (Lipinski definition) is 1. The van der Waals surface area contributed by atoms with Gasteiger partial charge in [0.25, 0.3) is 0 Å². The van der Waals surface area contributed by atoms with Gasteiger partial charge in [-0.05, 0) is 17.6 Å². The van der Waals surface area contributed by atoms with Crippen molar-refractivity contribution in [3.05, 3.63) is 82.8 Å². The van der Waals surface area contributed by atoms with Gasteiger partial charge >= 0.3 is 16.3 Å². The van der Waals surface area contributed by atoms with E-state index in [4.69, 9.17) is 17.2 Å². The zero-order valence-corrected chi connectivity index (χ0v) is 14.2. The molecule has 2 N–H and O–H groups in total. The summed E-state index contributed by atoms with van der Waals surface area (Å²) in [7, 11) is -5.51. The topological polar surface area (TPSA) is 95.7 Å². The summed E-state index contributed by atoms with van der Waals surface area (Å²) in [6.07, 6.45) is -8.90. The lowest BCUT2D eigenvalue weighted by molar-refractivity contribution is -0.137. The predicted molar refractivity (Wildman–Crippen MR) is 91.6 cm³/mol. The molecule has 1 unspecified atom stereocenters. The molecule has 1 heterocycles. The molecule has 6 nitrogen and oxygen atoms in total. The fourth-order valence-electron chi connectivity index (χ4n) is 1.98. The maximum absolute atomic E-state index is 13.3. The number of carbonyl (C=O) groups is 1. The molecule has 2 aromatic rings. The summed E-state index contributed by atoms with van der Waals surface area (Å²) in [6.45, 7) is 0. The van der Waals surface area contributed by atoms with Crippen molar-refractivity contribution in [1.82, 2.24) is 0 Å². The van der Waals surface area contributed by atoms with E-state index in [0.29, 0.717) is 0 Å². The maximum Gasteiger partial charge on any atom is 0.416 e. The third kappa shape index (κ3) is 4.28. The van der Waals surface area contributed by atoms with E-state index in [2.05, 4.69) is 4.18 Å². The van der Waals surface area contributed by atoms with Gasteiger partial charge in [0.2, 0.25) is 17.4 Å². The molecule has 0 amide bonds. The lowest BCUT2D eigenvalue weighted by Gasteiger charge is -2.12. The summed E-state index contributed by atoms with van der Waals surface area (Å²) in [6, 6.07) is -0.327. The van der Waals surface area contributed by atoms with Crippen LogP contribution in [0.4, 0.5) is 13.2 Å². The van der Waals surface area contributed by atoms with Crippen molar-refractivity contribution in [3.8, 4) is 0 Å². The lowest BCUT2D eigenvalue weighted by Crippen LogP contribution is -2.16. The highest BCUT2D eigenvalue weighted by molar-refractivity contribution is 7.86. The lowest BCUT2D eigenvalue weighted by atomic mass is 10.0. The van der Waals surface area contributed by atoms with Crippen LogP contribution in [0.25, 0.3) is 0 Å². The molecule has 0 saturated carbocycles. The smallest absolute Gasteiger partial charge is 0.416 e.